The molecule has 1 aromatic heterocycles. The third-order valence-corrected chi connectivity index (χ3v) is 4.76. The summed E-state index contributed by atoms with van der Waals surface area (Å²) in [5.41, 5.74) is 0.989. The van der Waals surface area contributed by atoms with Crippen LogP contribution in [0.4, 0.5) is 0 Å². The summed E-state index contributed by atoms with van der Waals surface area (Å²) in [7, 11) is 0. The van der Waals surface area contributed by atoms with Gasteiger partial charge in [0.25, 0.3) is 0 Å². The van der Waals surface area contributed by atoms with E-state index in [9.17, 15) is 0 Å². The number of ether oxygens (including phenoxy) is 1. The van der Waals surface area contributed by atoms with Crippen LogP contribution >= 0.6 is 15.9 Å². The summed E-state index contributed by atoms with van der Waals surface area (Å²) in [4.78, 5) is 4.56. The fourth-order valence-electron chi connectivity index (χ4n) is 2.72. The lowest BCUT2D eigenvalue weighted by Gasteiger charge is -2.26. The molecule has 0 saturated heterocycles. The molecule has 1 aliphatic carbocycles. The van der Waals surface area contributed by atoms with Crippen LogP contribution in [0.3, 0.4) is 0 Å². The Morgan fingerprint density at radius 1 is 1.05 bits per heavy atom. The number of hydrogen-bond acceptors (Lipinski definition) is 2. The minimum atomic E-state index is 0.0847. The normalized spacial score (nSPS) is 18.4. The second-order valence-corrected chi connectivity index (χ2v) is 6.11. The summed E-state index contributed by atoms with van der Waals surface area (Å²) in [5.74, 6) is 1.33. The standard InChI is InChI=1S/C16H18BrNO/c17-16(13-7-2-1-3-8-13)19-15-11-10-12-6-4-5-9-14(12)18-15/h4-6,9-11,13,16H,1-3,7-8H2. The molecule has 3 heteroatoms. The Kier molecular flexibility index (Phi) is 4.02. The molecule has 0 bridgehead atoms. The molecular weight excluding hydrogens is 302 g/mol. The van der Waals surface area contributed by atoms with Gasteiger partial charge in [-0.25, -0.2) is 4.98 Å². The van der Waals surface area contributed by atoms with Gasteiger partial charge < -0.3 is 4.74 Å². The van der Waals surface area contributed by atoms with Gasteiger partial charge in [0, 0.05) is 17.4 Å². The number of pyridine rings is 1. The molecule has 1 heterocycles. The minimum absolute atomic E-state index is 0.0847. The number of fused-ring (bicyclic) bond motifs is 1. The zero-order valence-corrected chi connectivity index (χ0v) is 12.5. The second kappa shape index (κ2) is 5.91. The summed E-state index contributed by atoms with van der Waals surface area (Å²) in [6.07, 6.45) is 6.51. The van der Waals surface area contributed by atoms with Gasteiger partial charge in [0.1, 0.15) is 0 Å². The van der Waals surface area contributed by atoms with E-state index in [1.807, 2.05) is 24.3 Å². The predicted octanol–water partition coefficient (Wildman–Crippen LogP) is 4.91. The molecule has 2 aromatic rings. The fraction of sp³-hybridized carbons (Fsp3) is 0.438. The number of halogens is 1. The van der Waals surface area contributed by atoms with Gasteiger partial charge in [-0.2, -0.15) is 0 Å². The number of alkyl halides is 1. The van der Waals surface area contributed by atoms with E-state index >= 15 is 0 Å². The molecule has 1 aromatic carbocycles. The van der Waals surface area contributed by atoms with E-state index in [4.69, 9.17) is 4.74 Å². The van der Waals surface area contributed by atoms with Crippen LogP contribution in [0.1, 0.15) is 32.1 Å². The van der Waals surface area contributed by atoms with E-state index in [1.165, 1.54) is 32.1 Å². The molecule has 0 radical (unpaired) electrons. The molecule has 1 saturated carbocycles. The van der Waals surface area contributed by atoms with Crippen LogP contribution in [0.25, 0.3) is 10.9 Å². The monoisotopic (exact) mass is 319 g/mol. The number of benzene rings is 1. The lowest BCUT2D eigenvalue weighted by atomic mass is 9.90. The fourth-order valence-corrected chi connectivity index (χ4v) is 3.44. The van der Waals surface area contributed by atoms with Crippen LogP contribution in [-0.2, 0) is 0 Å². The van der Waals surface area contributed by atoms with E-state index in [0.717, 1.165) is 10.9 Å². The molecule has 1 fully saturated rings. The van der Waals surface area contributed by atoms with Crippen molar-refractivity contribution in [2.24, 2.45) is 5.92 Å². The van der Waals surface area contributed by atoms with Gasteiger partial charge in [-0.1, -0.05) is 37.5 Å². The lowest BCUT2D eigenvalue weighted by molar-refractivity contribution is 0.180. The van der Waals surface area contributed by atoms with Crippen molar-refractivity contribution in [3.63, 3.8) is 0 Å². The van der Waals surface area contributed by atoms with Crippen LogP contribution in [0.2, 0.25) is 0 Å². The summed E-state index contributed by atoms with van der Waals surface area (Å²) >= 11 is 3.68. The van der Waals surface area contributed by atoms with E-state index in [2.05, 4.69) is 33.0 Å². The van der Waals surface area contributed by atoms with Crippen molar-refractivity contribution in [1.29, 1.82) is 0 Å². The molecule has 19 heavy (non-hydrogen) atoms. The van der Waals surface area contributed by atoms with Crippen LogP contribution in [0, 0.1) is 5.92 Å². The first-order valence-corrected chi connectivity index (χ1v) is 7.91. The molecule has 0 amide bonds. The first kappa shape index (κ1) is 12.9. The Labute approximate surface area is 122 Å². The van der Waals surface area contributed by atoms with Crippen molar-refractivity contribution < 1.29 is 4.74 Å². The van der Waals surface area contributed by atoms with Crippen molar-refractivity contribution in [2.45, 2.75) is 37.1 Å². The van der Waals surface area contributed by atoms with Crippen LogP contribution in [0.5, 0.6) is 5.88 Å². The molecule has 1 unspecified atom stereocenters. The average Bonchev–Trinajstić information content (AvgIpc) is 2.48. The predicted molar refractivity (Wildman–Crippen MR) is 81.7 cm³/mol. The minimum Gasteiger partial charge on any atom is -0.462 e. The Hall–Kier alpha value is -1.09. The highest BCUT2D eigenvalue weighted by Crippen LogP contribution is 2.31. The summed E-state index contributed by atoms with van der Waals surface area (Å²) in [6, 6.07) is 12.1. The second-order valence-electron chi connectivity index (χ2n) is 5.21. The largest absolute Gasteiger partial charge is 0.462 e. The maximum Gasteiger partial charge on any atom is 0.214 e. The summed E-state index contributed by atoms with van der Waals surface area (Å²) in [5, 5.41) is 1.24. The van der Waals surface area contributed by atoms with Gasteiger partial charge in [0.15, 0.2) is 5.01 Å². The van der Waals surface area contributed by atoms with Crippen molar-refractivity contribution in [2.75, 3.05) is 0 Å². The molecule has 0 spiro atoms. The molecule has 1 aliphatic rings. The molecule has 2 nitrogen and oxygen atoms in total. The van der Waals surface area contributed by atoms with Crippen molar-refractivity contribution in [1.82, 2.24) is 4.98 Å². The number of para-hydroxylation sites is 1. The van der Waals surface area contributed by atoms with Gasteiger partial charge >= 0.3 is 0 Å². The lowest BCUT2D eigenvalue weighted by Crippen LogP contribution is -2.23. The van der Waals surface area contributed by atoms with Crippen LogP contribution in [0.15, 0.2) is 36.4 Å². The number of aromatic nitrogens is 1. The quantitative estimate of drug-likeness (QED) is 0.749. The van der Waals surface area contributed by atoms with Gasteiger partial charge in [-0.3, -0.25) is 0 Å². The van der Waals surface area contributed by atoms with Gasteiger partial charge in [-0.15, -0.1) is 0 Å². The van der Waals surface area contributed by atoms with Crippen molar-refractivity contribution >= 4 is 26.8 Å². The van der Waals surface area contributed by atoms with E-state index in [0.29, 0.717) is 11.8 Å². The Bertz CT molecular complexity index is 551. The molecule has 3 rings (SSSR count). The molecular formula is C16H18BrNO. The van der Waals surface area contributed by atoms with Crippen LogP contribution < -0.4 is 4.74 Å². The molecule has 0 N–H and O–H groups in total. The smallest absolute Gasteiger partial charge is 0.214 e. The number of rotatable bonds is 3. The SMILES string of the molecule is BrC(Oc1ccc2ccccc2n1)C1CCCCC1. The highest BCUT2D eigenvalue weighted by atomic mass is 79.9. The number of hydrogen-bond donors (Lipinski definition) is 0. The van der Waals surface area contributed by atoms with E-state index in [1.54, 1.807) is 0 Å². The Balaban J connectivity index is 1.73. The molecule has 0 aliphatic heterocycles. The van der Waals surface area contributed by atoms with E-state index < -0.39 is 0 Å². The highest BCUT2D eigenvalue weighted by molar-refractivity contribution is 9.09. The molecule has 1 atom stereocenters. The zero-order valence-electron chi connectivity index (χ0n) is 10.9. The third-order valence-electron chi connectivity index (χ3n) is 3.83. The van der Waals surface area contributed by atoms with E-state index in [-0.39, 0.29) is 5.01 Å². The van der Waals surface area contributed by atoms with Crippen molar-refractivity contribution in [3.05, 3.63) is 36.4 Å². The van der Waals surface area contributed by atoms with Crippen LogP contribution in [-0.4, -0.2) is 10.00 Å². The third kappa shape index (κ3) is 3.08. The Morgan fingerprint density at radius 2 is 1.84 bits per heavy atom. The summed E-state index contributed by atoms with van der Waals surface area (Å²) < 4.78 is 5.97. The first-order valence-electron chi connectivity index (χ1n) is 6.99. The average molecular weight is 320 g/mol. The highest BCUT2D eigenvalue weighted by Gasteiger charge is 2.23. The number of nitrogens with zero attached hydrogens (tertiary/aromatic N) is 1. The van der Waals surface area contributed by atoms with Gasteiger partial charge in [-0.05, 0) is 40.9 Å². The van der Waals surface area contributed by atoms with Gasteiger partial charge in [0.2, 0.25) is 5.88 Å². The maximum atomic E-state index is 5.97. The zero-order chi connectivity index (χ0) is 13.1. The van der Waals surface area contributed by atoms with Gasteiger partial charge in [0.05, 0.1) is 5.52 Å². The topological polar surface area (TPSA) is 22.1 Å². The Morgan fingerprint density at radius 3 is 2.68 bits per heavy atom. The summed E-state index contributed by atoms with van der Waals surface area (Å²) in [6.45, 7) is 0. The molecule has 100 valence electrons. The van der Waals surface area contributed by atoms with Crippen molar-refractivity contribution in [3.8, 4) is 5.88 Å². The first-order chi connectivity index (χ1) is 9.33. The maximum absolute atomic E-state index is 5.97.